The van der Waals surface area contributed by atoms with Crippen LogP contribution in [0.15, 0.2) is 48.7 Å². The first-order valence-corrected chi connectivity index (χ1v) is 9.03. The molecule has 0 spiro atoms. The lowest BCUT2D eigenvalue weighted by Crippen LogP contribution is -2.01. The van der Waals surface area contributed by atoms with Crippen molar-refractivity contribution in [3.8, 4) is 11.5 Å². The highest BCUT2D eigenvalue weighted by atomic mass is 19.1. The van der Waals surface area contributed by atoms with E-state index in [9.17, 15) is 4.39 Å². The molecule has 0 atom stereocenters. The number of rotatable bonds is 4. The molecule has 1 fully saturated rings. The lowest BCUT2D eigenvalue weighted by atomic mass is 9.99. The molecule has 27 heavy (non-hydrogen) atoms. The summed E-state index contributed by atoms with van der Waals surface area (Å²) < 4.78 is 14.1. The summed E-state index contributed by atoms with van der Waals surface area (Å²) >= 11 is 0. The van der Waals surface area contributed by atoms with E-state index < -0.39 is 0 Å². The minimum absolute atomic E-state index is 0.214. The highest BCUT2D eigenvalue weighted by Gasteiger charge is 2.27. The van der Waals surface area contributed by atoms with Crippen LogP contribution < -0.4 is 5.73 Å². The molecule has 0 amide bonds. The van der Waals surface area contributed by atoms with Gasteiger partial charge in [-0.25, -0.2) is 14.4 Å². The average Bonchev–Trinajstić information content (AvgIpc) is 3.42. The van der Waals surface area contributed by atoms with Crippen molar-refractivity contribution in [3.63, 3.8) is 0 Å². The number of nitrogens with one attached hydrogen (secondary N) is 1. The Balaban J connectivity index is 1.61. The molecule has 5 nitrogen and oxygen atoms in total. The van der Waals surface area contributed by atoms with E-state index in [0.29, 0.717) is 35.2 Å². The summed E-state index contributed by atoms with van der Waals surface area (Å²) in [5.74, 6) is 1.29. The van der Waals surface area contributed by atoms with E-state index in [2.05, 4.69) is 20.2 Å². The van der Waals surface area contributed by atoms with Crippen molar-refractivity contribution >= 4 is 16.7 Å². The van der Waals surface area contributed by atoms with Gasteiger partial charge in [-0.3, -0.25) is 5.10 Å². The van der Waals surface area contributed by atoms with E-state index >= 15 is 0 Å². The minimum Gasteiger partial charge on any atom is -0.383 e. The first kappa shape index (κ1) is 15.9. The Labute approximate surface area is 155 Å². The SMILES string of the molecule is Nc1nc(-c2n[nH]c3cccc(Cc4ccccc4F)c23)ncc1C1CC1. The number of anilines is 1. The summed E-state index contributed by atoms with van der Waals surface area (Å²) in [5.41, 5.74) is 10.3. The van der Waals surface area contributed by atoms with Gasteiger partial charge in [-0.05, 0) is 42.0 Å². The van der Waals surface area contributed by atoms with Crippen LogP contribution in [0.1, 0.15) is 35.4 Å². The van der Waals surface area contributed by atoms with Crippen LogP contribution >= 0.6 is 0 Å². The molecule has 2 aromatic carbocycles. The number of hydrogen-bond donors (Lipinski definition) is 2. The second kappa shape index (κ2) is 6.16. The number of hydrogen-bond acceptors (Lipinski definition) is 4. The number of aromatic amines is 1. The molecule has 1 saturated carbocycles. The van der Waals surface area contributed by atoms with E-state index in [0.717, 1.165) is 34.9 Å². The molecule has 2 heterocycles. The summed E-state index contributed by atoms with van der Waals surface area (Å²) in [5, 5.41) is 8.36. The largest absolute Gasteiger partial charge is 0.383 e. The number of benzene rings is 2. The molecule has 0 saturated heterocycles. The number of aromatic nitrogens is 4. The van der Waals surface area contributed by atoms with E-state index in [-0.39, 0.29) is 5.82 Å². The smallest absolute Gasteiger partial charge is 0.182 e. The van der Waals surface area contributed by atoms with Gasteiger partial charge in [0.05, 0.1) is 5.52 Å². The molecule has 0 radical (unpaired) electrons. The average molecular weight is 359 g/mol. The van der Waals surface area contributed by atoms with Gasteiger partial charge in [-0.1, -0.05) is 30.3 Å². The van der Waals surface area contributed by atoms with Crippen molar-refractivity contribution in [2.45, 2.75) is 25.2 Å². The van der Waals surface area contributed by atoms with E-state index in [4.69, 9.17) is 5.73 Å². The maximum absolute atomic E-state index is 14.1. The summed E-state index contributed by atoms with van der Waals surface area (Å²) in [6.07, 6.45) is 4.57. The van der Waals surface area contributed by atoms with Crippen LogP contribution in [0.3, 0.4) is 0 Å². The van der Waals surface area contributed by atoms with Crippen molar-refractivity contribution in [1.29, 1.82) is 0 Å². The number of halogens is 1. The fourth-order valence-corrected chi connectivity index (χ4v) is 3.53. The number of nitrogens with two attached hydrogens (primary N) is 1. The number of H-pyrrole nitrogens is 1. The predicted octanol–water partition coefficient (Wildman–Crippen LogP) is 4.21. The highest BCUT2D eigenvalue weighted by Crippen LogP contribution is 2.42. The Kier molecular flexibility index (Phi) is 3.63. The van der Waals surface area contributed by atoms with Gasteiger partial charge in [0, 0.05) is 23.6 Å². The van der Waals surface area contributed by atoms with Gasteiger partial charge in [-0.2, -0.15) is 5.10 Å². The van der Waals surface area contributed by atoms with Crippen LogP contribution in [-0.2, 0) is 6.42 Å². The third-order valence-electron chi connectivity index (χ3n) is 5.09. The molecule has 0 bridgehead atoms. The lowest BCUT2D eigenvalue weighted by molar-refractivity contribution is 0.614. The van der Waals surface area contributed by atoms with Crippen molar-refractivity contribution in [3.05, 3.63) is 71.2 Å². The summed E-state index contributed by atoms with van der Waals surface area (Å²) in [4.78, 5) is 9.01. The van der Waals surface area contributed by atoms with Crippen molar-refractivity contribution in [2.75, 3.05) is 5.73 Å². The van der Waals surface area contributed by atoms with E-state index in [1.54, 1.807) is 12.1 Å². The highest BCUT2D eigenvalue weighted by molar-refractivity contribution is 5.94. The Bertz CT molecular complexity index is 1150. The number of nitrogens with zero attached hydrogens (tertiary/aromatic N) is 3. The second-order valence-electron chi connectivity index (χ2n) is 6.99. The van der Waals surface area contributed by atoms with Gasteiger partial charge in [-0.15, -0.1) is 0 Å². The zero-order valence-corrected chi connectivity index (χ0v) is 14.6. The van der Waals surface area contributed by atoms with Crippen LogP contribution in [0.4, 0.5) is 10.2 Å². The van der Waals surface area contributed by atoms with Crippen LogP contribution in [0.5, 0.6) is 0 Å². The van der Waals surface area contributed by atoms with Crippen molar-refractivity contribution < 1.29 is 4.39 Å². The molecule has 5 rings (SSSR count). The van der Waals surface area contributed by atoms with E-state index in [1.807, 2.05) is 30.5 Å². The van der Waals surface area contributed by atoms with Crippen LogP contribution in [0.2, 0.25) is 0 Å². The third kappa shape index (κ3) is 2.83. The van der Waals surface area contributed by atoms with Gasteiger partial charge in [0.15, 0.2) is 5.82 Å². The molecule has 6 heteroatoms. The molecule has 0 unspecified atom stereocenters. The summed E-state index contributed by atoms with van der Waals surface area (Å²) in [7, 11) is 0. The van der Waals surface area contributed by atoms with Crippen molar-refractivity contribution in [2.24, 2.45) is 0 Å². The Morgan fingerprint density at radius 2 is 1.89 bits per heavy atom. The first-order chi connectivity index (χ1) is 13.2. The van der Waals surface area contributed by atoms with Gasteiger partial charge in [0.1, 0.15) is 17.3 Å². The Morgan fingerprint density at radius 1 is 1.07 bits per heavy atom. The molecule has 3 N–H and O–H groups in total. The van der Waals surface area contributed by atoms with Crippen LogP contribution in [0, 0.1) is 5.82 Å². The molecule has 2 aromatic heterocycles. The van der Waals surface area contributed by atoms with E-state index in [1.165, 1.54) is 6.07 Å². The quantitative estimate of drug-likeness (QED) is 0.572. The molecule has 1 aliphatic rings. The van der Waals surface area contributed by atoms with Gasteiger partial charge >= 0.3 is 0 Å². The maximum Gasteiger partial charge on any atom is 0.182 e. The molecule has 134 valence electrons. The van der Waals surface area contributed by atoms with Gasteiger partial charge in [0.2, 0.25) is 0 Å². The topological polar surface area (TPSA) is 80.5 Å². The summed E-state index contributed by atoms with van der Waals surface area (Å²) in [6, 6.07) is 12.7. The third-order valence-corrected chi connectivity index (χ3v) is 5.09. The standard InChI is InChI=1S/C21H18FN5/c22-16-6-2-1-4-13(16)10-14-5-3-7-17-18(14)19(27-26-17)21-24-11-15(12-8-9-12)20(23)25-21/h1-7,11-12H,8-10H2,(H,26,27)(H2,23,24,25). The second-order valence-corrected chi connectivity index (χ2v) is 6.99. The predicted molar refractivity (Wildman–Crippen MR) is 103 cm³/mol. The Hall–Kier alpha value is -3.28. The Morgan fingerprint density at radius 3 is 2.67 bits per heavy atom. The molecule has 4 aromatic rings. The minimum atomic E-state index is -0.214. The fraction of sp³-hybridized carbons (Fsp3) is 0.190. The molecular formula is C21H18FN5. The zero-order valence-electron chi connectivity index (χ0n) is 14.6. The molecular weight excluding hydrogens is 341 g/mol. The zero-order chi connectivity index (χ0) is 18.4. The van der Waals surface area contributed by atoms with Crippen molar-refractivity contribution in [1.82, 2.24) is 20.2 Å². The van der Waals surface area contributed by atoms with Crippen LogP contribution in [0.25, 0.3) is 22.4 Å². The fourth-order valence-electron chi connectivity index (χ4n) is 3.53. The maximum atomic E-state index is 14.1. The normalized spacial score (nSPS) is 14.0. The monoisotopic (exact) mass is 359 g/mol. The first-order valence-electron chi connectivity index (χ1n) is 9.03. The summed E-state index contributed by atoms with van der Waals surface area (Å²) in [6.45, 7) is 0. The lowest BCUT2D eigenvalue weighted by Gasteiger charge is -2.07. The van der Waals surface area contributed by atoms with Crippen LogP contribution in [-0.4, -0.2) is 20.2 Å². The number of fused-ring (bicyclic) bond motifs is 1. The van der Waals surface area contributed by atoms with Gasteiger partial charge in [0.25, 0.3) is 0 Å². The molecule has 0 aliphatic heterocycles. The number of nitrogen functional groups attached to an aromatic ring is 1. The van der Waals surface area contributed by atoms with Gasteiger partial charge < -0.3 is 5.73 Å². The molecule has 1 aliphatic carbocycles.